The molecule has 1 atom stereocenters. The number of nitrogens with zero attached hydrogens (tertiary/aromatic N) is 2. The third kappa shape index (κ3) is 3.95. The van der Waals surface area contributed by atoms with Crippen molar-refractivity contribution in [3.05, 3.63) is 65.0 Å². The molecule has 0 spiro atoms. The highest BCUT2D eigenvalue weighted by Crippen LogP contribution is 2.32. The summed E-state index contributed by atoms with van der Waals surface area (Å²) in [6, 6.07) is 10.2. The van der Waals surface area contributed by atoms with Crippen LogP contribution in [0, 0.1) is 0 Å². The first-order chi connectivity index (χ1) is 13.2. The van der Waals surface area contributed by atoms with Crippen molar-refractivity contribution < 1.29 is 9.59 Å². The Balaban J connectivity index is 1.38. The number of fused-ring (bicyclic) bond motifs is 1. The van der Waals surface area contributed by atoms with Crippen molar-refractivity contribution in [1.29, 1.82) is 0 Å². The van der Waals surface area contributed by atoms with Crippen LogP contribution in [-0.2, 0) is 17.6 Å². The summed E-state index contributed by atoms with van der Waals surface area (Å²) in [5.41, 5.74) is 4.59. The molecule has 0 N–H and O–H groups in total. The molecular formula is C23H26N2O2. The number of amides is 1. The number of carbonyl (C=O) groups is 2. The van der Waals surface area contributed by atoms with Crippen molar-refractivity contribution in [3.8, 4) is 0 Å². The van der Waals surface area contributed by atoms with Crippen LogP contribution in [0.5, 0.6) is 0 Å². The Bertz CT molecular complexity index is 832. The number of Topliss-reactive ketones (excluding diaryl/α,β-unsaturated/α-hetero) is 1. The van der Waals surface area contributed by atoms with Crippen LogP contribution in [0.2, 0.25) is 0 Å². The Kier molecular flexibility index (Phi) is 5.33. The summed E-state index contributed by atoms with van der Waals surface area (Å²) >= 11 is 0. The Morgan fingerprint density at radius 2 is 1.74 bits per heavy atom. The van der Waals surface area contributed by atoms with Gasteiger partial charge in [-0.25, -0.2) is 0 Å². The molecule has 1 saturated heterocycles. The maximum absolute atomic E-state index is 12.8. The predicted molar refractivity (Wildman–Crippen MR) is 105 cm³/mol. The highest BCUT2D eigenvalue weighted by molar-refractivity contribution is 5.98. The van der Waals surface area contributed by atoms with Gasteiger partial charge in [0.15, 0.2) is 5.78 Å². The number of benzene rings is 1. The standard InChI is InChI=1S/C23H26N2O2/c26-22(20-8-7-17-4-1-2-5-19(17)16-20)9-10-23(27)25-15-3-6-21(25)18-11-13-24-14-12-18/h7-8,11-14,16,21H,1-6,9-10,15H2. The highest BCUT2D eigenvalue weighted by atomic mass is 16.2. The summed E-state index contributed by atoms with van der Waals surface area (Å²) in [5, 5.41) is 0. The Morgan fingerprint density at radius 3 is 2.56 bits per heavy atom. The summed E-state index contributed by atoms with van der Waals surface area (Å²) in [7, 11) is 0. The lowest BCUT2D eigenvalue weighted by Gasteiger charge is -2.25. The molecule has 2 aliphatic rings. The second-order valence-electron chi connectivity index (χ2n) is 7.64. The fraction of sp³-hybridized carbons (Fsp3) is 0.435. The van der Waals surface area contributed by atoms with E-state index in [1.807, 2.05) is 23.1 Å². The summed E-state index contributed by atoms with van der Waals surface area (Å²) in [6.45, 7) is 0.777. The van der Waals surface area contributed by atoms with Crippen LogP contribution in [0.15, 0.2) is 42.7 Å². The quantitative estimate of drug-likeness (QED) is 0.746. The molecule has 2 heterocycles. The number of hydrogen-bond donors (Lipinski definition) is 0. The summed E-state index contributed by atoms with van der Waals surface area (Å²) in [6.07, 6.45) is 10.7. The molecule has 4 rings (SSSR count). The van der Waals surface area contributed by atoms with Gasteiger partial charge in [-0.2, -0.15) is 0 Å². The van der Waals surface area contributed by atoms with Gasteiger partial charge in [-0.05, 0) is 73.4 Å². The zero-order valence-corrected chi connectivity index (χ0v) is 15.7. The molecule has 2 aromatic rings. The fourth-order valence-electron chi connectivity index (χ4n) is 4.41. The second kappa shape index (κ2) is 8.03. The molecule has 0 bridgehead atoms. The van der Waals surface area contributed by atoms with Gasteiger partial charge in [0.05, 0.1) is 6.04 Å². The molecule has 27 heavy (non-hydrogen) atoms. The number of hydrogen-bond acceptors (Lipinski definition) is 3. The van der Waals surface area contributed by atoms with E-state index in [4.69, 9.17) is 0 Å². The number of pyridine rings is 1. The van der Waals surface area contributed by atoms with Crippen LogP contribution >= 0.6 is 0 Å². The van der Waals surface area contributed by atoms with E-state index in [0.717, 1.165) is 43.4 Å². The summed E-state index contributed by atoms with van der Waals surface area (Å²) in [4.78, 5) is 31.4. The molecule has 0 saturated carbocycles. The van der Waals surface area contributed by atoms with E-state index in [1.165, 1.54) is 24.0 Å². The number of aryl methyl sites for hydroxylation is 2. The van der Waals surface area contributed by atoms with Gasteiger partial charge in [-0.1, -0.05) is 12.1 Å². The topological polar surface area (TPSA) is 50.3 Å². The van der Waals surface area contributed by atoms with Gasteiger partial charge in [0.25, 0.3) is 0 Å². The minimum absolute atomic E-state index is 0.0800. The van der Waals surface area contributed by atoms with E-state index in [0.29, 0.717) is 0 Å². The van der Waals surface area contributed by atoms with E-state index < -0.39 is 0 Å². The second-order valence-corrected chi connectivity index (χ2v) is 7.64. The first-order valence-electron chi connectivity index (χ1n) is 10.1. The van der Waals surface area contributed by atoms with Crippen LogP contribution in [0.3, 0.4) is 0 Å². The van der Waals surface area contributed by atoms with E-state index in [9.17, 15) is 9.59 Å². The minimum Gasteiger partial charge on any atom is -0.336 e. The number of rotatable bonds is 5. The van der Waals surface area contributed by atoms with Crippen LogP contribution in [0.1, 0.15) is 71.6 Å². The molecule has 1 aliphatic carbocycles. The molecule has 1 amide bonds. The zero-order valence-electron chi connectivity index (χ0n) is 15.7. The Hall–Kier alpha value is -2.49. The van der Waals surface area contributed by atoms with E-state index in [2.05, 4.69) is 17.1 Å². The van der Waals surface area contributed by atoms with Gasteiger partial charge in [-0.15, -0.1) is 0 Å². The van der Waals surface area contributed by atoms with Crippen LogP contribution in [0.25, 0.3) is 0 Å². The Labute approximate surface area is 160 Å². The van der Waals surface area contributed by atoms with Gasteiger partial charge in [0, 0.05) is 37.3 Å². The first-order valence-corrected chi connectivity index (χ1v) is 10.1. The third-order valence-corrected chi connectivity index (χ3v) is 5.90. The van der Waals surface area contributed by atoms with Gasteiger partial charge >= 0.3 is 0 Å². The molecule has 140 valence electrons. The van der Waals surface area contributed by atoms with E-state index in [1.54, 1.807) is 12.4 Å². The van der Waals surface area contributed by atoms with Gasteiger partial charge < -0.3 is 4.90 Å². The average molecular weight is 362 g/mol. The van der Waals surface area contributed by atoms with Crippen LogP contribution in [0.4, 0.5) is 0 Å². The maximum atomic E-state index is 12.8. The average Bonchev–Trinajstić information content (AvgIpc) is 3.22. The monoisotopic (exact) mass is 362 g/mol. The molecule has 1 unspecified atom stereocenters. The first kappa shape index (κ1) is 17.9. The van der Waals surface area contributed by atoms with Crippen molar-refractivity contribution in [2.75, 3.05) is 6.54 Å². The molecule has 4 nitrogen and oxygen atoms in total. The molecule has 0 radical (unpaired) electrons. The van der Waals surface area contributed by atoms with Crippen molar-refractivity contribution in [2.24, 2.45) is 0 Å². The normalized spacial score (nSPS) is 19.0. The molecule has 4 heteroatoms. The van der Waals surface area contributed by atoms with Gasteiger partial charge in [-0.3, -0.25) is 14.6 Å². The molecule has 1 aromatic carbocycles. The Morgan fingerprint density at radius 1 is 0.963 bits per heavy atom. The summed E-state index contributed by atoms with van der Waals surface area (Å²) in [5.74, 6) is 0.164. The molecular weight excluding hydrogens is 336 g/mol. The summed E-state index contributed by atoms with van der Waals surface area (Å²) < 4.78 is 0. The fourth-order valence-corrected chi connectivity index (χ4v) is 4.41. The minimum atomic E-state index is 0.0800. The van der Waals surface area contributed by atoms with Crippen LogP contribution < -0.4 is 0 Å². The van der Waals surface area contributed by atoms with Crippen molar-refractivity contribution in [3.63, 3.8) is 0 Å². The SMILES string of the molecule is O=C(CCC(=O)N1CCCC1c1ccncc1)c1ccc2c(c1)CCCC2. The van der Waals surface area contributed by atoms with Crippen LogP contribution in [-0.4, -0.2) is 28.1 Å². The molecule has 1 fully saturated rings. The maximum Gasteiger partial charge on any atom is 0.223 e. The molecule has 1 aliphatic heterocycles. The number of likely N-dealkylation sites (tertiary alicyclic amines) is 1. The van der Waals surface area contributed by atoms with E-state index in [-0.39, 0.29) is 30.6 Å². The van der Waals surface area contributed by atoms with Gasteiger partial charge in [0.2, 0.25) is 5.91 Å². The van der Waals surface area contributed by atoms with Crippen molar-refractivity contribution in [2.45, 2.75) is 57.4 Å². The number of carbonyl (C=O) groups excluding carboxylic acids is 2. The largest absolute Gasteiger partial charge is 0.336 e. The van der Waals surface area contributed by atoms with Crippen molar-refractivity contribution in [1.82, 2.24) is 9.88 Å². The van der Waals surface area contributed by atoms with E-state index >= 15 is 0 Å². The lowest BCUT2D eigenvalue weighted by Crippen LogP contribution is -2.30. The zero-order chi connectivity index (χ0) is 18.6. The van der Waals surface area contributed by atoms with Crippen molar-refractivity contribution >= 4 is 11.7 Å². The predicted octanol–water partition coefficient (Wildman–Crippen LogP) is 4.29. The highest BCUT2D eigenvalue weighted by Gasteiger charge is 2.29. The number of aromatic nitrogens is 1. The third-order valence-electron chi connectivity index (χ3n) is 5.90. The lowest BCUT2D eigenvalue weighted by atomic mass is 9.89. The molecule has 1 aromatic heterocycles. The van der Waals surface area contributed by atoms with Gasteiger partial charge in [0.1, 0.15) is 0 Å². The smallest absolute Gasteiger partial charge is 0.223 e. The number of ketones is 1. The lowest BCUT2D eigenvalue weighted by molar-refractivity contribution is -0.132.